The Morgan fingerprint density at radius 1 is 1.10 bits per heavy atom. The van der Waals surface area contributed by atoms with Crippen molar-refractivity contribution in [3.05, 3.63) is 29.8 Å². The van der Waals surface area contributed by atoms with Crippen LogP contribution in [-0.2, 0) is 4.74 Å². The maximum Gasteiger partial charge on any atom is 0.191 e. The number of benzene rings is 1. The fourth-order valence-electron chi connectivity index (χ4n) is 3.88. The molecule has 0 aromatic heterocycles. The highest BCUT2D eigenvalue weighted by Gasteiger charge is 2.22. The summed E-state index contributed by atoms with van der Waals surface area (Å²) in [7, 11) is 7.44. The van der Waals surface area contributed by atoms with Crippen molar-refractivity contribution in [2.45, 2.75) is 31.7 Å². The van der Waals surface area contributed by atoms with E-state index in [1.165, 1.54) is 24.8 Å². The van der Waals surface area contributed by atoms with Gasteiger partial charge in [-0.2, -0.15) is 0 Å². The molecule has 0 aliphatic carbocycles. The highest BCUT2D eigenvalue weighted by atomic mass is 127. The Balaban J connectivity index is 0.00000480. The van der Waals surface area contributed by atoms with Crippen LogP contribution in [0.2, 0.25) is 0 Å². The molecule has 1 aliphatic rings. The van der Waals surface area contributed by atoms with Crippen molar-refractivity contribution < 1.29 is 9.47 Å². The number of nitrogens with one attached hydrogen (secondary N) is 2. The number of ether oxygens (including phenoxy) is 2. The largest absolute Gasteiger partial charge is 0.497 e. The Bertz CT molecular complexity index is 608. The van der Waals surface area contributed by atoms with Crippen LogP contribution < -0.4 is 15.4 Å². The Morgan fingerprint density at radius 2 is 1.81 bits per heavy atom. The van der Waals surface area contributed by atoms with E-state index in [2.05, 4.69) is 56.7 Å². The van der Waals surface area contributed by atoms with E-state index in [9.17, 15) is 0 Å². The van der Waals surface area contributed by atoms with Gasteiger partial charge in [0.1, 0.15) is 5.75 Å². The van der Waals surface area contributed by atoms with Crippen LogP contribution in [0.25, 0.3) is 0 Å². The number of nitrogens with zero attached hydrogens (tertiary/aromatic N) is 3. The first-order chi connectivity index (χ1) is 14.7. The normalized spacial score (nSPS) is 16.0. The Morgan fingerprint density at radius 3 is 2.42 bits per heavy atom. The quantitative estimate of drug-likeness (QED) is 0.182. The average molecular weight is 548 g/mol. The number of hydrogen-bond acceptors (Lipinski definition) is 5. The molecule has 2 N–H and O–H groups in total. The van der Waals surface area contributed by atoms with E-state index in [-0.39, 0.29) is 24.0 Å². The molecular formula is C23H42IN5O2. The summed E-state index contributed by atoms with van der Waals surface area (Å²) < 4.78 is 10.5. The zero-order valence-electron chi connectivity index (χ0n) is 19.7. The second-order valence-electron chi connectivity index (χ2n) is 7.92. The topological polar surface area (TPSA) is 61.4 Å². The maximum atomic E-state index is 5.34. The summed E-state index contributed by atoms with van der Waals surface area (Å²) in [5, 5.41) is 6.99. The summed E-state index contributed by atoms with van der Waals surface area (Å²) in [6.07, 6.45) is 4.93. The van der Waals surface area contributed by atoms with Crippen LogP contribution in [0.3, 0.4) is 0 Å². The molecule has 1 saturated heterocycles. The lowest BCUT2D eigenvalue weighted by atomic mass is 10.0. The van der Waals surface area contributed by atoms with Gasteiger partial charge in [0.25, 0.3) is 0 Å². The number of halogens is 1. The zero-order chi connectivity index (χ0) is 21.6. The summed E-state index contributed by atoms with van der Waals surface area (Å²) in [6, 6.07) is 8.81. The Labute approximate surface area is 206 Å². The van der Waals surface area contributed by atoms with Crippen LogP contribution in [0, 0.1) is 0 Å². The lowest BCUT2D eigenvalue weighted by Gasteiger charge is -2.35. The fourth-order valence-corrected chi connectivity index (χ4v) is 3.88. The molecule has 178 valence electrons. The van der Waals surface area contributed by atoms with Gasteiger partial charge in [-0.25, -0.2) is 0 Å². The Kier molecular flexibility index (Phi) is 14.9. The van der Waals surface area contributed by atoms with Gasteiger partial charge in [-0.05, 0) is 57.1 Å². The van der Waals surface area contributed by atoms with Crippen LogP contribution in [0.4, 0.5) is 0 Å². The molecule has 1 aliphatic heterocycles. The molecule has 8 heteroatoms. The molecule has 31 heavy (non-hydrogen) atoms. The second-order valence-corrected chi connectivity index (χ2v) is 7.92. The highest BCUT2D eigenvalue weighted by molar-refractivity contribution is 14.0. The monoisotopic (exact) mass is 547 g/mol. The number of likely N-dealkylation sites (tertiary alicyclic amines) is 1. The number of rotatable bonds is 12. The number of methoxy groups -OCH3 is 2. The van der Waals surface area contributed by atoms with Crippen molar-refractivity contribution in [1.29, 1.82) is 0 Å². The third-order valence-electron chi connectivity index (χ3n) is 5.69. The van der Waals surface area contributed by atoms with Crippen LogP contribution in [-0.4, -0.2) is 89.9 Å². The summed E-state index contributed by atoms with van der Waals surface area (Å²) in [5.74, 6) is 1.76. The summed E-state index contributed by atoms with van der Waals surface area (Å²) in [5.41, 5.74) is 1.32. The average Bonchev–Trinajstić information content (AvgIpc) is 2.79. The van der Waals surface area contributed by atoms with Gasteiger partial charge < -0.3 is 25.0 Å². The molecule has 0 amide bonds. The molecule has 7 nitrogen and oxygen atoms in total. The lowest BCUT2D eigenvalue weighted by Crippen LogP contribution is -2.45. The highest BCUT2D eigenvalue weighted by Crippen LogP contribution is 2.25. The zero-order valence-corrected chi connectivity index (χ0v) is 22.1. The number of guanidine groups is 1. The van der Waals surface area contributed by atoms with E-state index in [0.29, 0.717) is 6.04 Å². The van der Waals surface area contributed by atoms with Crippen molar-refractivity contribution in [3.63, 3.8) is 0 Å². The van der Waals surface area contributed by atoms with Gasteiger partial charge in [0, 0.05) is 46.9 Å². The van der Waals surface area contributed by atoms with Crippen molar-refractivity contribution >= 4 is 29.9 Å². The minimum atomic E-state index is 0. The van der Waals surface area contributed by atoms with Gasteiger partial charge in [0.2, 0.25) is 0 Å². The first-order valence-electron chi connectivity index (χ1n) is 11.2. The SMILES string of the molecule is CN=C(NCCN(C)CCCOC)NCC(c1ccc(OC)cc1)N1CCCCC1.I. The van der Waals surface area contributed by atoms with E-state index < -0.39 is 0 Å². The van der Waals surface area contributed by atoms with Gasteiger partial charge in [0.15, 0.2) is 5.96 Å². The first kappa shape index (κ1) is 27.9. The van der Waals surface area contributed by atoms with Crippen LogP contribution in [0.1, 0.15) is 37.3 Å². The number of hydrogen-bond donors (Lipinski definition) is 2. The molecule has 0 spiro atoms. The van der Waals surface area contributed by atoms with E-state index in [0.717, 1.165) is 64.0 Å². The predicted octanol–water partition coefficient (Wildman–Crippen LogP) is 2.97. The molecule has 1 aromatic carbocycles. The van der Waals surface area contributed by atoms with Gasteiger partial charge in [0.05, 0.1) is 13.2 Å². The van der Waals surface area contributed by atoms with E-state index in [1.54, 1.807) is 14.2 Å². The van der Waals surface area contributed by atoms with Crippen molar-refractivity contribution in [2.75, 3.05) is 74.2 Å². The molecule has 1 heterocycles. The predicted molar refractivity (Wildman–Crippen MR) is 140 cm³/mol. The molecular weight excluding hydrogens is 505 g/mol. The van der Waals surface area contributed by atoms with E-state index >= 15 is 0 Å². The molecule has 2 rings (SSSR count). The fraction of sp³-hybridized carbons (Fsp3) is 0.696. The maximum absolute atomic E-state index is 5.34. The van der Waals surface area contributed by atoms with E-state index in [1.807, 2.05) is 7.05 Å². The summed E-state index contributed by atoms with van der Waals surface area (Å²) in [4.78, 5) is 9.32. The third kappa shape index (κ3) is 10.4. The molecule has 1 aromatic rings. The minimum Gasteiger partial charge on any atom is -0.497 e. The first-order valence-corrected chi connectivity index (χ1v) is 11.2. The van der Waals surface area contributed by atoms with Crippen molar-refractivity contribution in [1.82, 2.24) is 20.4 Å². The van der Waals surface area contributed by atoms with Crippen molar-refractivity contribution in [3.8, 4) is 5.75 Å². The third-order valence-corrected chi connectivity index (χ3v) is 5.69. The van der Waals surface area contributed by atoms with E-state index in [4.69, 9.17) is 9.47 Å². The van der Waals surface area contributed by atoms with Gasteiger partial charge in [-0.15, -0.1) is 24.0 Å². The van der Waals surface area contributed by atoms with Gasteiger partial charge in [-0.3, -0.25) is 9.89 Å². The molecule has 0 radical (unpaired) electrons. The molecule has 1 atom stereocenters. The molecule has 0 saturated carbocycles. The summed E-state index contributed by atoms with van der Waals surface area (Å²) in [6.45, 7) is 6.81. The van der Waals surface area contributed by atoms with Crippen molar-refractivity contribution in [2.24, 2.45) is 4.99 Å². The van der Waals surface area contributed by atoms with Gasteiger partial charge >= 0.3 is 0 Å². The molecule has 1 unspecified atom stereocenters. The van der Waals surface area contributed by atoms with Crippen LogP contribution in [0.5, 0.6) is 5.75 Å². The van der Waals surface area contributed by atoms with Crippen LogP contribution in [0.15, 0.2) is 29.3 Å². The number of likely N-dealkylation sites (N-methyl/N-ethyl adjacent to an activating group) is 1. The Hall–Kier alpha value is -1.10. The van der Waals surface area contributed by atoms with Gasteiger partial charge in [-0.1, -0.05) is 18.6 Å². The number of aliphatic imine (C=N–C) groups is 1. The lowest BCUT2D eigenvalue weighted by molar-refractivity contribution is 0.164. The second kappa shape index (κ2) is 16.5. The molecule has 1 fully saturated rings. The summed E-state index contributed by atoms with van der Waals surface area (Å²) >= 11 is 0. The standard InChI is InChI=1S/C23H41N5O2.HI/c1-24-23(25-13-17-27(2)14-8-18-29-3)26-19-22(28-15-6-5-7-16-28)20-9-11-21(30-4)12-10-20;/h9-12,22H,5-8,13-19H2,1-4H3,(H2,24,25,26);1H. The van der Waals surface area contributed by atoms with Crippen LogP contribution >= 0.6 is 24.0 Å². The smallest absolute Gasteiger partial charge is 0.191 e. The number of piperidine rings is 1. The minimum absolute atomic E-state index is 0. The molecule has 0 bridgehead atoms.